The molecule has 1 aromatic heterocycles. The van der Waals surface area contributed by atoms with Gasteiger partial charge in [0.1, 0.15) is 5.82 Å². The zero-order valence-corrected chi connectivity index (χ0v) is 19.4. The van der Waals surface area contributed by atoms with Crippen molar-refractivity contribution in [2.75, 3.05) is 40.8 Å². The first-order chi connectivity index (χ1) is 14.8. The van der Waals surface area contributed by atoms with Crippen LogP contribution in [0.2, 0.25) is 5.02 Å². The molecule has 0 saturated carbocycles. The fourth-order valence-corrected chi connectivity index (χ4v) is 4.46. The van der Waals surface area contributed by atoms with E-state index in [0.29, 0.717) is 6.61 Å². The van der Waals surface area contributed by atoms with Crippen LogP contribution in [0.15, 0.2) is 17.8 Å². The van der Waals surface area contributed by atoms with Gasteiger partial charge in [-0.15, -0.1) is 0 Å². The molecule has 0 amide bonds. The van der Waals surface area contributed by atoms with Crippen LogP contribution in [0.5, 0.6) is 5.75 Å². The number of esters is 1. The van der Waals surface area contributed by atoms with E-state index in [-0.39, 0.29) is 39.2 Å². The summed E-state index contributed by atoms with van der Waals surface area (Å²) in [6, 6.07) is 2.78. The Labute approximate surface area is 185 Å². The molecule has 168 valence electrons. The molecule has 12 heteroatoms. The van der Waals surface area contributed by atoms with Gasteiger partial charge in [-0.05, 0) is 30.8 Å². The molecule has 2 aromatic rings. The lowest BCUT2D eigenvalue weighted by Crippen LogP contribution is -2.42. The van der Waals surface area contributed by atoms with Gasteiger partial charge in [0.25, 0.3) is 0 Å². The summed E-state index contributed by atoms with van der Waals surface area (Å²) in [5.41, 5.74) is 7.53. The molecule has 0 unspecified atom stereocenters. The molecule has 0 aliphatic carbocycles. The second-order valence-corrected chi connectivity index (χ2v) is 8.96. The maximum Gasteiger partial charge on any atom is 0.529 e. The number of carbonyl (C=O) groups is 1. The van der Waals surface area contributed by atoms with Crippen molar-refractivity contribution in [3.05, 3.63) is 39.9 Å². The first-order valence-corrected chi connectivity index (χ1v) is 11.2. The number of nitrogens with two attached hydrogens (primary N) is 1. The average Bonchev–Trinajstić information content (AvgIpc) is 2.76. The van der Waals surface area contributed by atoms with Gasteiger partial charge in [0.2, 0.25) is 0 Å². The Morgan fingerprint density at radius 2 is 1.90 bits per heavy atom. The number of ether oxygens (including phenoxy) is 2. The summed E-state index contributed by atoms with van der Waals surface area (Å²) in [5.74, 6) is -2.02. The van der Waals surface area contributed by atoms with E-state index in [1.54, 1.807) is 6.92 Å². The second-order valence-electron chi connectivity index (χ2n) is 5.91. The van der Waals surface area contributed by atoms with Gasteiger partial charge in [-0.1, -0.05) is 11.6 Å². The summed E-state index contributed by atoms with van der Waals surface area (Å²) in [5, 5.41) is 0.0702. The summed E-state index contributed by atoms with van der Waals surface area (Å²) >= 11 is 5.94. The molecular weight excluding hydrogens is 449 g/mol. The third-order valence-corrected chi connectivity index (χ3v) is 6.92. The van der Waals surface area contributed by atoms with Crippen LogP contribution in [-0.2, 0) is 18.0 Å². The third-order valence-electron chi connectivity index (χ3n) is 4.22. The molecule has 0 radical (unpaired) electrons. The van der Waals surface area contributed by atoms with Crippen molar-refractivity contribution in [1.82, 2.24) is 9.97 Å². The van der Waals surface area contributed by atoms with Crippen molar-refractivity contribution < 1.29 is 31.9 Å². The van der Waals surface area contributed by atoms with Crippen LogP contribution in [0.1, 0.15) is 23.0 Å². The Balaban J connectivity index is 2.67. The Bertz CT molecular complexity index is 988. The molecule has 0 atom stereocenters. The molecule has 0 bridgehead atoms. The van der Waals surface area contributed by atoms with Crippen LogP contribution in [0.25, 0.3) is 17.5 Å². The number of nitrogen functional groups attached to an aromatic ring is 1. The van der Waals surface area contributed by atoms with E-state index in [1.807, 2.05) is 0 Å². The van der Waals surface area contributed by atoms with Crippen LogP contribution in [0.4, 0.5) is 10.2 Å². The quantitative estimate of drug-likeness (QED) is 0.435. The van der Waals surface area contributed by atoms with Crippen LogP contribution < -0.4 is 10.5 Å². The van der Waals surface area contributed by atoms with E-state index < -0.39 is 20.6 Å². The molecule has 0 fully saturated rings. The van der Waals surface area contributed by atoms with Gasteiger partial charge in [-0.25, -0.2) is 19.2 Å². The fraction of sp³-hybridized carbons (Fsp3) is 0.316. The summed E-state index contributed by atoms with van der Waals surface area (Å²) in [6.45, 7) is 2.12. The lowest BCUT2D eigenvalue weighted by atomic mass is 10.1. The number of hydrogen-bond acceptors (Lipinski definition) is 9. The van der Waals surface area contributed by atoms with E-state index in [0.717, 1.165) is 0 Å². The van der Waals surface area contributed by atoms with Gasteiger partial charge in [0.05, 0.1) is 24.8 Å². The summed E-state index contributed by atoms with van der Waals surface area (Å²) in [7, 11) is 2.18. The van der Waals surface area contributed by atoms with E-state index in [4.69, 9.17) is 40.1 Å². The van der Waals surface area contributed by atoms with Crippen molar-refractivity contribution >= 4 is 38.3 Å². The third kappa shape index (κ3) is 5.19. The Morgan fingerprint density at radius 3 is 2.45 bits per heavy atom. The van der Waals surface area contributed by atoms with Gasteiger partial charge < -0.3 is 28.5 Å². The van der Waals surface area contributed by atoms with Gasteiger partial charge in [-0.2, -0.15) is 0 Å². The van der Waals surface area contributed by atoms with Gasteiger partial charge in [0.15, 0.2) is 23.1 Å². The van der Waals surface area contributed by atoms with Crippen LogP contribution >= 0.6 is 11.6 Å². The maximum atomic E-state index is 14.8. The molecule has 9 nitrogen and oxygen atoms in total. The van der Waals surface area contributed by atoms with E-state index in [9.17, 15) is 9.18 Å². The number of aromatic nitrogens is 2. The predicted octanol–water partition coefficient (Wildman–Crippen LogP) is 3.13. The predicted molar refractivity (Wildman–Crippen MR) is 115 cm³/mol. The van der Waals surface area contributed by atoms with Crippen molar-refractivity contribution in [2.45, 2.75) is 6.92 Å². The lowest BCUT2D eigenvalue weighted by Gasteiger charge is -2.22. The summed E-state index contributed by atoms with van der Waals surface area (Å²) in [4.78, 5) is 20.7. The first-order valence-electron chi connectivity index (χ1n) is 8.99. The van der Waals surface area contributed by atoms with Crippen molar-refractivity contribution in [3.8, 4) is 17.1 Å². The average molecular weight is 472 g/mol. The number of benzene rings is 1. The minimum absolute atomic E-state index is 0.0551. The first kappa shape index (κ1) is 24.7. The zero-order chi connectivity index (χ0) is 23.2. The standard InChI is InChI=1S/C19H23ClFN3O6Si/c1-6-30-31(28-4,29-5)10-9-12-15(19(25)27-3)23-18(24-17(12)22)11-7-8-13(20)16(26-2)14(11)21/h7-10H,6H2,1-5H3,(H2,22,23,24). The normalized spacial score (nSPS) is 11.7. The van der Waals surface area contributed by atoms with Crippen molar-refractivity contribution in [1.29, 1.82) is 0 Å². The van der Waals surface area contributed by atoms with Gasteiger partial charge >= 0.3 is 14.8 Å². The number of anilines is 1. The number of carbonyl (C=O) groups excluding carboxylic acids is 1. The molecule has 2 N–H and O–H groups in total. The number of rotatable bonds is 9. The minimum Gasteiger partial charge on any atom is -0.492 e. The topological polar surface area (TPSA) is 115 Å². The highest BCUT2D eigenvalue weighted by Crippen LogP contribution is 2.34. The number of methoxy groups -OCH3 is 2. The highest BCUT2D eigenvalue weighted by Gasteiger charge is 2.36. The highest BCUT2D eigenvalue weighted by molar-refractivity contribution is 6.67. The van der Waals surface area contributed by atoms with Crippen LogP contribution in [0.3, 0.4) is 0 Å². The molecule has 0 spiro atoms. The number of hydrogen-bond donors (Lipinski definition) is 1. The molecule has 1 heterocycles. The second kappa shape index (κ2) is 10.6. The fourth-order valence-electron chi connectivity index (χ4n) is 2.69. The Kier molecular flexibility index (Phi) is 8.48. The molecule has 2 rings (SSSR count). The Hall–Kier alpha value is -2.57. The monoisotopic (exact) mass is 471 g/mol. The molecule has 0 aliphatic heterocycles. The van der Waals surface area contributed by atoms with Crippen LogP contribution in [0, 0.1) is 5.82 Å². The van der Waals surface area contributed by atoms with E-state index in [2.05, 4.69) is 9.97 Å². The summed E-state index contributed by atoms with van der Waals surface area (Å²) in [6.07, 6.45) is 1.46. The van der Waals surface area contributed by atoms with Gasteiger partial charge in [0, 0.05) is 26.4 Å². The van der Waals surface area contributed by atoms with Gasteiger partial charge in [-0.3, -0.25) is 0 Å². The SMILES string of the molecule is CCO[Si](C=Cc1c(N)nc(-c2ccc(Cl)c(OC)c2F)nc1C(=O)OC)(OC)OC. The Morgan fingerprint density at radius 1 is 1.23 bits per heavy atom. The van der Waals surface area contributed by atoms with E-state index >= 15 is 0 Å². The molecule has 0 aliphatic rings. The number of nitrogens with zero attached hydrogens (tertiary/aromatic N) is 2. The van der Waals surface area contributed by atoms with Crippen molar-refractivity contribution in [3.63, 3.8) is 0 Å². The zero-order valence-electron chi connectivity index (χ0n) is 17.7. The molecular formula is C19H23ClFN3O6Si. The highest BCUT2D eigenvalue weighted by atomic mass is 35.5. The van der Waals surface area contributed by atoms with Crippen molar-refractivity contribution in [2.24, 2.45) is 0 Å². The lowest BCUT2D eigenvalue weighted by molar-refractivity contribution is 0.0593. The smallest absolute Gasteiger partial charge is 0.492 e. The van der Waals surface area contributed by atoms with Crippen LogP contribution in [-0.4, -0.2) is 59.8 Å². The molecule has 0 saturated heterocycles. The maximum absolute atomic E-state index is 14.8. The largest absolute Gasteiger partial charge is 0.529 e. The number of halogens is 2. The molecule has 1 aromatic carbocycles. The minimum atomic E-state index is -3.16. The molecule has 31 heavy (non-hydrogen) atoms. The van der Waals surface area contributed by atoms with E-state index in [1.165, 1.54) is 52.3 Å². The summed E-state index contributed by atoms with van der Waals surface area (Å²) < 4.78 is 41.0.